The van der Waals surface area contributed by atoms with Crippen LogP contribution in [0.4, 0.5) is 36.4 Å². The average molecular weight is 411 g/mol. The van der Waals surface area contributed by atoms with Gasteiger partial charge in [-0.2, -0.15) is 13.2 Å². The summed E-state index contributed by atoms with van der Waals surface area (Å²) >= 11 is 0. The number of nitrogens with one attached hydrogen (secondary N) is 1. The molecule has 0 atom stereocenters. The summed E-state index contributed by atoms with van der Waals surface area (Å²) in [5.74, 6) is -9.94. The second-order valence-electron chi connectivity index (χ2n) is 5.35. The molecule has 0 radical (unpaired) electrons. The fraction of sp³-hybridized carbons (Fsp3) is 0.235. The second kappa shape index (κ2) is 8.46. The van der Waals surface area contributed by atoms with E-state index in [1.54, 1.807) is 0 Å². The lowest BCUT2D eigenvalue weighted by Crippen LogP contribution is -2.18. The van der Waals surface area contributed by atoms with Crippen molar-refractivity contribution in [2.75, 3.05) is 25.6 Å². The van der Waals surface area contributed by atoms with E-state index in [0.717, 1.165) is 6.07 Å². The molecule has 0 bridgehead atoms. The van der Waals surface area contributed by atoms with Crippen LogP contribution >= 0.6 is 0 Å². The van der Waals surface area contributed by atoms with E-state index in [0.29, 0.717) is 12.1 Å². The molecule has 0 spiro atoms. The van der Waals surface area contributed by atoms with Crippen LogP contribution in [0.15, 0.2) is 24.3 Å². The van der Waals surface area contributed by atoms with Crippen molar-refractivity contribution in [3.8, 4) is 5.75 Å². The Kier molecular flexibility index (Phi) is 6.49. The zero-order valence-corrected chi connectivity index (χ0v) is 14.1. The van der Waals surface area contributed by atoms with E-state index in [4.69, 9.17) is 9.47 Å². The molecule has 0 saturated carbocycles. The van der Waals surface area contributed by atoms with Gasteiger partial charge in [-0.15, -0.1) is 0 Å². The molecule has 2 rings (SSSR count). The van der Waals surface area contributed by atoms with E-state index in [-0.39, 0.29) is 25.0 Å². The number of benzene rings is 2. The minimum Gasteiger partial charge on any atom is -0.489 e. The molecule has 2 aromatic rings. The van der Waals surface area contributed by atoms with Crippen LogP contribution in [0.2, 0.25) is 0 Å². The van der Waals surface area contributed by atoms with Crippen LogP contribution in [0.1, 0.15) is 15.9 Å². The number of methoxy groups -OCH3 is 1. The van der Waals surface area contributed by atoms with E-state index in [1.165, 1.54) is 7.11 Å². The number of ether oxygens (including phenoxy) is 2. The summed E-state index contributed by atoms with van der Waals surface area (Å²) in [6.07, 6.45) is -4.77. The largest absolute Gasteiger partial charge is 0.489 e. The zero-order valence-electron chi connectivity index (χ0n) is 14.1. The van der Waals surface area contributed by atoms with Crippen LogP contribution in [0.25, 0.3) is 0 Å². The van der Waals surface area contributed by atoms with Crippen molar-refractivity contribution in [3.63, 3.8) is 0 Å². The van der Waals surface area contributed by atoms with Crippen molar-refractivity contribution in [1.82, 2.24) is 0 Å². The van der Waals surface area contributed by atoms with Gasteiger partial charge in [0.05, 0.1) is 23.4 Å². The van der Waals surface area contributed by atoms with Crippen LogP contribution in [0, 0.1) is 23.3 Å². The standard InChI is InChI=1S/C17H12F7NO3/c1-27-4-5-28-12-3-2-8(17(22,23)24)6-11(12)25-16(26)9-7-10(18)14(20)15(21)13(9)19/h2-3,6-7H,4-5H2,1H3,(H,25,26). The molecule has 11 heteroatoms. The first-order valence-electron chi connectivity index (χ1n) is 7.53. The number of halogens is 7. The van der Waals surface area contributed by atoms with Crippen molar-refractivity contribution in [1.29, 1.82) is 0 Å². The number of hydrogen-bond donors (Lipinski definition) is 1. The highest BCUT2D eigenvalue weighted by atomic mass is 19.4. The molecule has 0 fully saturated rings. The summed E-state index contributed by atoms with van der Waals surface area (Å²) in [4.78, 5) is 12.1. The first kappa shape index (κ1) is 21.5. The van der Waals surface area contributed by atoms with Crippen molar-refractivity contribution in [2.45, 2.75) is 6.18 Å². The Balaban J connectivity index is 2.41. The normalized spacial score (nSPS) is 11.4. The van der Waals surface area contributed by atoms with Gasteiger partial charge < -0.3 is 14.8 Å². The maximum absolute atomic E-state index is 13.7. The van der Waals surface area contributed by atoms with E-state index in [9.17, 15) is 35.5 Å². The van der Waals surface area contributed by atoms with Gasteiger partial charge in [-0.05, 0) is 24.3 Å². The highest BCUT2D eigenvalue weighted by Crippen LogP contribution is 2.35. The number of rotatable bonds is 6. The zero-order chi connectivity index (χ0) is 21.1. The highest BCUT2D eigenvalue weighted by molar-refractivity contribution is 6.05. The Morgan fingerprint density at radius 2 is 1.68 bits per heavy atom. The summed E-state index contributed by atoms with van der Waals surface area (Å²) in [6, 6.07) is 2.15. The van der Waals surface area contributed by atoms with Crippen molar-refractivity contribution >= 4 is 11.6 Å². The van der Waals surface area contributed by atoms with E-state index in [1.807, 2.05) is 5.32 Å². The maximum Gasteiger partial charge on any atom is 0.416 e. The van der Waals surface area contributed by atoms with Crippen LogP contribution in [-0.4, -0.2) is 26.2 Å². The monoisotopic (exact) mass is 411 g/mol. The first-order chi connectivity index (χ1) is 13.1. The number of anilines is 1. The second-order valence-corrected chi connectivity index (χ2v) is 5.35. The van der Waals surface area contributed by atoms with E-state index < -0.39 is 52.2 Å². The molecule has 0 aliphatic rings. The van der Waals surface area contributed by atoms with Gasteiger partial charge in [0.2, 0.25) is 0 Å². The summed E-state index contributed by atoms with van der Waals surface area (Å²) in [7, 11) is 1.35. The molecule has 0 unspecified atom stereocenters. The Bertz CT molecular complexity index is 884. The topological polar surface area (TPSA) is 47.6 Å². The van der Waals surface area contributed by atoms with Gasteiger partial charge in [-0.3, -0.25) is 4.79 Å². The van der Waals surface area contributed by atoms with E-state index in [2.05, 4.69) is 0 Å². The SMILES string of the molecule is COCCOc1ccc(C(F)(F)F)cc1NC(=O)c1cc(F)c(F)c(F)c1F. The van der Waals surface area contributed by atoms with Gasteiger partial charge in [-0.1, -0.05) is 0 Å². The van der Waals surface area contributed by atoms with Gasteiger partial charge in [0, 0.05) is 7.11 Å². The third kappa shape index (κ3) is 4.71. The average Bonchev–Trinajstić information content (AvgIpc) is 2.63. The summed E-state index contributed by atoms with van der Waals surface area (Å²) in [6.45, 7) is -0.0314. The van der Waals surface area contributed by atoms with Gasteiger partial charge in [0.15, 0.2) is 23.3 Å². The van der Waals surface area contributed by atoms with Gasteiger partial charge in [0.1, 0.15) is 12.4 Å². The minimum absolute atomic E-state index is 0.0669. The van der Waals surface area contributed by atoms with Gasteiger partial charge in [-0.25, -0.2) is 17.6 Å². The van der Waals surface area contributed by atoms with Gasteiger partial charge in [0.25, 0.3) is 5.91 Å². The van der Waals surface area contributed by atoms with Crippen LogP contribution < -0.4 is 10.1 Å². The highest BCUT2D eigenvalue weighted by Gasteiger charge is 2.32. The Labute approximate surface area is 153 Å². The fourth-order valence-electron chi connectivity index (χ4n) is 2.09. The Hall–Kier alpha value is -2.82. The molecular weight excluding hydrogens is 399 g/mol. The molecule has 1 amide bonds. The third-order valence-corrected chi connectivity index (χ3v) is 3.45. The molecule has 0 aliphatic heterocycles. The lowest BCUT2D eigenvalue weighted by atomic mass is 10.1. The molecule has 2 aromatic carbocycles. The third-order valence-electron chi connectivity index (χ3n) is 3.45. The van der Waals surface area contributed by atoms with Crippen molar-refractivity contribution in [3.05, 3.63) is 58.7 Å². The number of hydrogen-bond acceptors (Lipinski definition) is 3. The quantitative estimate of drug-likeness (QED) is 0.329. The van der Waals surface area contributed by atoms with Crippen molar-refractivity contribution in [2.24, 2.45) is 0 Å². The van der Waals surface area contributed by atoms with Gasteiger partial charge >= 0.3 is 6.18 Å². The molecule has 1 N–H and O–H groups in total. The lowest BCUT2D eigenvalue weighted by molar-refractivity contribution is -0.137. The van der Waals surface area contributed by atoms with E-state index >= 15 is 0 Å². The van der Waals surface area contributed by atoms with Crippen LogP contribution in [-0.2, 0) is 10.9 Å². The fourth-order valence-corrected chi connectivity index (χ4v) is 2.09. The molecule has 152 valence electrons. The summed E-state index contributed by atoms with van der Waals surface area (Å²) in [5, 5.41) is 1.88. The van der Waals surface area contributed by atoms with Crippen LogP contribution in [0.5, 0.6) is 5.75 Å². The minimum atomic E-state index is -4.77. The van der Waals surface area contributed by atoms with Crippen molar-refractivity contribution < 1.29 is 45.0 Å². The molecule has 0 aliphatic carbocycles. The molecule has 0 aromatic heterocycles. The summed E-state index contributed by atoms with van der Waals surface area (Å²) in [5.41, 5.74) is -2.95. The molecule has 4 nitrogen and oxygen atoms in total. The predicted molar refractivity (Wildman–Crippen MR) is 83.0 cm³/mol. The number of amides is 1. The first-order valence-corrected chi connectivity index (χ1v) is 7.53. The number of carbonyl (C=O) groups excluding carboxylic acids is 1. The molecule has 0 saturated heterocycles. The Morgan fingerprint density at radius 1 is 1.00 bits per heavy atom. The molecular formula is C17H12F7NO3. The number of carbonyl (C=O) groups is 1. The maximum atomic E-state index is 13.7. The molecule has 28 heavy (non-hydrogen) atoms. The number of alkyl halides is 3. The lowest BCUT2D eigenvalue weighted by Gasteiger charge is -2.15. The smallest absolute Gasteiger partial charge is 0.416 e. The van der Waals surface area contributed by atoms with Crippen LogP contribution in [0.3, 0.4) is 0 Å². The predicted octanol–water partition coefficient (Wildman–Crippen LogP) is 4.54. The Morgan fingerprint density at radius 3 is 2.29 bits per heavy atom. The molecule has 0 heterocycles. The summed E-state index contributed by atoms with van der Waals surface area (Å²) < 4.78 is 102.